The van der Waals surface area contributed by atoms with Crippen molar-refractivity contribution in [3.63, 3.8) is 0 Å². The van der Waals surface area contributed by atoms with E-state index in [1.165, 1.54) is 0 Å². The largest absolute Gasteiger partial charge is 0.309 e. The normalized spacial score (nSPS) is 11.9. The average Bonchev–Trinajstić information content (AvgIpc) is 4.35. The van der Waals surface area contributed by atoms with Crippen LogP contribution in [-0.4, -0.2) is 48.2 Å². The van der Waals surface area contributed by atoms with Crippen molar-refractivity contribution in [1.29, 1.82) is 0 Å². The Bertz CT molecular complexity index is 4710. The van der Waals surface area contributed by atoms with Crippen molar-refractivity contribution >= 4 is 87.2 Å². The SMILES string of the molecule is c1ccc(-c2nc(-c3ccccc3)nc(-c3cccc(-n4c5ccccc5c5c4ccc4c6ccccc6n(-c6nc(-n7c8ccccc8c8ccccc87)nc(-n7c8ccccc8c8ccccc87)n6)c45)c3)n2)cc1. The molecule has 10 nitrogen and oxygen atoms in total. The van der Waals surface area contributed by atoms with E-state index in [1.54, 1.807) is 0 Å². The fourth-order valence-electron chi connectivity index (χ4n) is 11.6. The van der Waals surface area contributed by atoms with E-state index in [1.807, 2.05) is 60.7 Å². The maximum absolute atomic E-state index is 5.61. The van der Waals surface area contributed by atoms with Crippen LogP contribution in [0, 0.1) is 0 Å². The Labute approximate surface area is 433 Å². The number of hydrogen-bond acceptors (Lipinski definition) is 6. The van der Waals surface area contributed by atoms with Crippen LogP contribution in [0.1, 0.15) is 0 Å². The summed E-state index contributed by atoms with van der Waals surface area (Å²) in [5, 5.41) is 8.84. The maximum atomic E-state index is 5.61. The maximum Gasteiger partial charge on any atom is 0.241 e. The topological polar surface area (TPSA) is 97.1 Å². The average molecular weight is 973 g/mol. The predicted octanol–water partition coefficient (Wildman–Crippen LogP) is 15.4. The molecule has 10 aromatic carbocycles. The summed E-state index contributed by atoms with van der Waals surface area (Å²) in [5.74, 6) is 3.35. The third-order valence-electron chi connectivity index (χ3n) is 14.9. The van der Waals surface area contributed by atoms with Crippen molar-refractivity contribution < 1.29 is 0 Å². The van der Waals surface area contributed by atoms with Crippen LogP contribution < -0.4 is 0 Å². The summed E-state index contributed by atoms with van der Waals surface area (Å²) < 4.78 is 8.99. The molecule has 10 heteroatoms. The second-order valence-electron chi connectivity index (χ2n) is 19.1. The summed E-state index contributed by atoms with van der Waals surface area (Å²) in [7, 11) is 0. The first-order valence-corrected chi connectivity index (χ1v) is 25.4. The van der Waals surface area contributed by atoms with Crippen LogP contribution in [0.15, 0.2) is 243 Å². The second kappa shape index (κ2) is 16.5. The van der Waals surface area contributed by atoms with Crippen LogP contribution in [0.4, 0.5) is 0 Å². The number of para-hydroxylation sites is 6. The van der Waals surface area contributed by atoms with Gasteiger partial charge in [0.05, 0.1) is 44.1 Å². The molecular formula is C66H40N10. The zero-order valence-electron chi connectivity index (χ0n) is 40.6. The van der Waals surface area contributed by atoms with Gasteiger partial charge in [0.2, 0.25) is 17.8 Å². The van der Waals surface area contributed by atoms with Crippen LogP contribution in [0.3, 0.4) is 0 Å². The molecule has 6 aromatic heterocycles. The zero-order valence-corrected chi connectivity index (χ0v) is 40.6. The van der Waals surface area contributed by atoms with Crippen molar-refractivity contribution in [2.75, 3.05) is 0 Å². The monoisotopic (exact) mass is 972 g/mol. The Morgan fingerprint density at radius 1 is 0.224 bits per heavy atom. The smallest absolute Gasteiger partial charge is 0.241 e. The Morgan fingerprint density at radius 2 is 0.579 bits per heavy atom. The molecule has 0 unspecified atom stereocenters. The van der Waals surface area contributed by atoms with Gasteiger partial charge in [-0.15, -0.1) is 0 Å². The van der Waals surface area contributed by atoms with Crippen LogP contribution in [-0.2, 0) is 0 Å². The third-order valence-corrected chi connectivity index (χ3v) is 14.9. The highest BCUT2D eigenvalue weighted by atomic mass is 15.3. The van der Waals surface area contributed by atoms with Gasteiger partial charge in [0.25, 0.3) is 0 Å². The molecule has 0 aliphatic rings. The molecule has 0 atom stereocenters. The first-order chi connectivity index (χ1) is 37.7. The molecule has 0 bridgehead atoms. The molecular weight excluding hydrogens is 933 g/mol. The molecule has 76 heavy (non-hydrogen) atoms. The van der Waals surface area contributed by atoms with E-state index < -0.39 is 0 Å². The minimum absolute atomic E-state index is 0.500. The number of fused-ring (bicyclic) bond motifs is 13. The summed E-state index contributed by atoms with van der Waals surface area (Å²) in [6, 6.07) is 84.5. The summed E-state index contributed by atoms with van der Waals surface area (Å²) in [4.78, 5) is 31.9. The van der Waals surface area contributed by atoms with Gasteiger partial charge >= 0.3 is 0 Å². The molecule has 354 valence electrons. The van der Waals surface area contributed by atoms with E-state index in [4.69, 9.17) is 29.9 Å². The molecule has 6 heterocycles. The van der Waals surface area contributed by atoms with Gasteiger partial charge in [0, 0.05) is 65.5 Å². The number of hydrogen-bond donors (Lipinski definition) is 0. The molecule has 0 spiro atoms. The van der Waals surface area contributed by atoms with E-state index >= 15 is 0 Å². The van der Waals surface area contributed by atoms with Gasteiger partial charge in [-0.1, -0.05) is 188 Å². The standard InChI is InChI=1S/C66H40N10/c1-3-20-41(21-4-1)61-67-62(42-22-5-2-6-23-42)69-63(68-61)43-24-19-25-44(40-43)73-57-37-18-12-31-51(57)59-58(73)39-38-50-49-30-11-17-36-56(49)76(60(50)59)66-71-64(74-52-32-13-7-26-45(52)46-27-8-14-33-53(46)74)70-65(72-66)75-54-34-15-9-28-47(54)48-29-10-16-35-55(48)75/h1-40H. The van der Waals surface area contributed by atoms with Gasteiger partial charge in [0.15, 0.2) is 17.5 Å². The Balaban J connectivity index is 0.978. The molecule has 0 radical (unpaired) electrons. The third kappa shape index (κ3) is 6.28. The van der Waals surface area contributed by atoms with E-state index in [0.717, 1.165) is 110 Å². The lowest BCUT2D eigenvalue weighted by Gasteiger charge is -2.14. The summed E-state index contributed by atoms with van der Waals surface area (Å²) in [5.41, 5.74) is 11.8. The van der Waals surface area contributed by atoms with Crippen molar-refractivity contribution in [2.45, 2.75) is 0 Å². The van der Waals surface area contributed by atoms with E-state index in [-0.39, 0.29) is 0 Å². The van der Waals surface area contributed by atoms with Crippen molar-refractivity contribution in [2.24, 2.45) is 0 Å². The first kappa shape index (κ1) is 42.0. The Hall–Kier alpha value is -10.6. The van der Waals surface area contributed by atoms with Crippen LogP contribution >= 0.6 is 0 Å². The van der Waals surface area contributed by atoms with Gasteiger partial charge < -0.3 is 4.57 Å². The van der Waals surface area contributed by atoms with Crippen molar-refractivity contribution in [3.8, 4) is 57.7 Å². The molecule has 16 rings (SSSR count). The minimum Gasteiger partial charge on any atom is -0.309 e. The summed E-state index contributed by atoms with van der Waals surface area (Å²) in [6.45, 7) is 0. The Kier molecular flexibility index (Phi) is 9.10. The van der Waals surface area contributed by atoms with E-state index in [2.05, 4.69) is 200 Å². The van der Waals surface area contributed by atoms with Crippen LogP contribution in [0.2, 0.25) is 0 Å². The van der Waals surface area contributed by atoms with Gasteiger partial charge in [-0.05, 0) is 54.6 Å². The Morgan fingerprint density at radius 3 is 1.05 bits per heavy atom. The lowest BCUT2D eigenvalue weighted by atomic mass is 10.1. The quantitative estimate of drug-likeness (QED) is 0.158. The van der Waals surface area contributed by atoms with E-state index in [0.29, 0.717) is 35.3 Å². The van der Waals surface area contributed by atoms with Gasteiger partial charge in [-0.3, -0.25) is 13.7 Å². The van der Waals surface area contributed by atoms with Gasteiger partial charge in [-0.2, -0.15) is 15.0 Å². The lowest BCUT2D eigenvalue weighted by Crippen LogP contribution is -2.13. The highest BCUT2D eigenvalue weighted by molar-refractivity contribution is 6.26. The molecule has 0 saturated carbocycles. The summed E-state index contributed by atoms with van der Waals surface area (Å²) >= 11 is 0. The second-order valence-corrected chi connectivity index (χ2v) is 19.1. The lowest BCUT2D eigenvalue weighted by molar-refractivity contribution is 0.848. The predicted molar refractivity (Wildman–Crippen MR) is 307 cm³/mol. The number of nitrogens with zero attached hydrogens (tertiary/aromatic N) is 10. The molecule has 0 fully saturated rings. The molecule has 0 aliphatic heterocycles. The fraction of sp³-hybridized carbons (Fsp3) is 0. The molecule has 16 aromatic rings. The van der Waals surface area contributed by atoms with E-state index in [9.17, 15) is 0 Å². The molecule has 0 N–H and O–H groups in total. The van der Waals surface area contributed by atoms with Gasteiger partial charge in [0.1, 0.15) is 0 Å². The fourth-order valence-corrected chi connectivity index (χ4v) is 11.6. The van der Waals surface area contributed by atoms with Crippen LogP contribution in [0.5, 0.6) is 0 Å². The molecule has 0 saturated heterocycles. The van der Waals surface area contributed by atoms with Crippen LogP contribution in [0.25, 0.3) is 145 Å². The summed E-state index contributed by atoms with van der Waals surface area (Å²) in [6.07, 6.45) is 0. The highest BCUT2D eigenvalue weighted by Gasteiger charge is 2.26. The number of rotatable bonds is 7. The molecule has 0 amide bonds. The van der Waals surface area contributed by atoms with Gasteiger partial charge in [-0.25, -0.2) is 15.0 Å². The zero-order chi connectivity index (χ0) is 49.8. The first-order valence-electron chi connectivity index (χ1n) is 25.4. The van der Waals surface area contributed by atoms with Crippen molar-refractivity contribution in [1.82, 2.24) is 48.2 Å². The highest BCUT2D eigenvalue weighted by Crippen LogP contribution is 2.43. The number of aromatic nitrogens is 10. The number of benzene rings is 10. The van der Waals surface area contributed by atoms with Crippen molar-refractivity contribution in [3.05, 3.63) is 243 Å². The minimum atomic E-state index is 0.500. The molecule has 0 aliphatic carbocycles.